The van der Waals surface area contributed by atoms with Crippen LogP contribution < -0.4 is 15.2 Å². The van der Waals surface area contributed by atoms with Crippen LogP contribution in [0, 0.1) is 0 Å². The third-order valence-electron chi connectivity index (χ3n) is 2.68. The second-order valence-electron chi connectivity index (χ2n) is 4.02. The maximum Gasteiger partial charge on any atom is 0.417 e. The summed E-state index contributed by atoms with van der Waals surface area (Å²) in [7, 11) is 0. The van der Waals surface area contributed by atoms with Crippen molar-refractivity contribution < 1.29 is 27.4 Å². The summed E-state index contributed by atoms with van der Waals surface area (Å²) in [4.78, 5) is 11.5. The van der Waals surface area contributed by atoms with E-state index < -0.39 is 29.6 Å². The number of rotatable bonds is 2. The number of carbonyl (C=O) groups excluding carboxylic acids is 1. The summed E-state index contributed by atoms with van der Waals surface area (Å²) in [5.74, 6) is -0.649. The first-order valence-corrected chi connectivity index (χ1v) is 5.67. The van der Waals surface area contributed by atoms with E-state index in [-0.39, 0.29) is 18.1 Å². The molecule has 0 unspecified atom stereocenters. The Hall–Kier alpha value is -1.76. The molecule has 1 aromatic carbocycles. The van der Waals surface area contributed by atoms with Gasteiger partial charge >= 0.3 is 6.18 Å². The van der Waals surface area contributed by atoms with Crippen LogP contribution in [0.3, 0.4) is 0 Å². The smallest absolute Gasteiger partial charge is 0.417 e. The van der Waals surface area contributed by atoms with Gasteiger partial charge in [0, 0.05) is 12.0 Å². The summed E-state index contributed by atoms with van der Waals surface area (Å²) in [5, 5.41) is 0. The first-order chi connectivity index (χ1) is 8.93. The average Bonchev–Trinajstić information content (AvgIpc) is 2.59. The van der Waals surface area contributed by atoms with Crippen LogP contribution in [-0.4, -0.2) is 25.5 Å². The van der Waals surface area contributed by atoms with Crippen LogP contribution in [0.4, 0.5) is 13.2 Å². The summed E-state index contributed by atoms with van der Waals surface area (Å²) in [6.07, 6.45) is -4.08. The maximum absolute atomic E-state index is 12.9. The number of Topliss-reactive ketones (excluding diaryl/α,β-unsaturated/α-hetero) is 1. The highest BCUT2D eigenvalue weighted by Crippen LogP contribution is 2.40. The first kappa shape index (κ1) is 13.7. The Balaban J connectivity index is 2.57. The van der Waals surface area contributed by atoms with Gasteiger partial charge in [-0.1, -0.05) is 0 Å². The monoisotopic (exact) mass is 275 g/mol. The predicted octanol–water partition coefficient (Wildman–Crippen LogP) is 2.01. The Morgan fingerprint density at radius 1 is 1.21 bits per heavy atom. The fourth-order valence-electron chi connectivity index (χ4n) is 1.78. The van der Waals surface area contributed by atoms with E-state index in [0.29, 0.717) is 13.0 Å². The van der Waals surface area contributed by atoms with Crippen molar-refractivity contribution in [3.05, 3.63) is 23.3 Å². The van der Waals surface area contributed by atoms with Gasteiger partial charge in [0.05, 0.1) is 25.3 Å². The fourth-order valence-corrected chi connectivity index (χ4v) is 1.78. The van der Waals surface area contributed by atoms with Crippen molar-refractivity contribution in [2.45, 2.75) is 12.6 Å². The summed E-state index contributed by atoms with van der Waals surface area (Å²) >= 11 is 0. The van der Waals surface area contributed by atoms with Crippen LogP contribution in [0.2, 0.25) is 0 Å². The molecule has 1 aliphatic rings. The highest BCUT2D eigenvalue weighted by molar-refractivity contribution is 5.99. The second kappa shape index (κ2) is 5.08. The topological polar surface area (TPSA) is 61.6 Å². The molecule has 0 bridgehead atoms. The molecule has 19 heavy (non-hydrogen) atoms. The number of ketones is 1. The van der Waals surface area contributed by atoms with E-state index in [1.807, 2.05) is 0 Å². The number of fused-ring (bicyclic) bond motifs is 1. The zero-order valence-corrected chi connectivity index (χ0v) is 9.92. The summed E-state index contributed by atoms with van der Waals surface area (Å²) < 4.78 is 49.2. The van der Waals surface area contributed by atoms with Crippen molar-refractivity contribution >= 4 is 5.78 Å². The molecule has 104 valence electrons. The van der Waals surface area contributed by atoms with Gasteiger partial charge in [0.25, 0.3) is 0 Å². The van der Waals surface area contributed by atoms with E-state index in [1.54, 1.807) is 0 Å². The number of ether oxygens (including phenoxy) is 2. The van der Waals surface area contributed by atoms with E-state index >= 15 is 0 Å². The van der Waals surface area contributed by atoms with E-state index in [1.165, 1.54) is 0 Å². The fraction of sp³-hybridized carbons (Fsp3) is 0.417. The quantitative estimate of drug-likeness (QED) is 0.839. The molecule has 2 N–H and O–H groups in total. The number of carbonyl (C=O) groups is 1. The highest BCUT2D eigenvalue weighted by Gasteiger charge is 2.36. The van der Waals surface area contributed by atoms with Crippen molar-refractivity contribution in [3.63, 3.8) is 0 Å². The largest absolute Gasteiger partial charge is 0.490 e. The first-order valence-electron chi connectivity index (χ1n) is 5.67. The average molecular weight is 275 g/mol. The highest BCUT2D eigenvalue weighted by atomic mass is 19.4. The maximum atomic E-state index is 12.9. The summed E-state index contributed by atoms with van der Waals surface area (Å²) in [5.41, 5.74) is 3.60. The molecule has 0 aromatic heterocycles. The zero-order valence-electron chi connectivity index (χ0n) is 9.92. The molecule has 0 radical (unpaired) electrons. The number of benzene rings is 1. The SMILES string of the molecule is NCC(=O)c1cc2c(cc1C(F)(F)F)OCCCO2. The van der Waals surface area contributed by atoms with Gasteiger partial charge in [0.15, 0.2) is 17.3 Å². The van der Waals surface area contributed by atoms with E-state index in [2.05, 4.69) is 0 Å². The number of hydrogen-bond acceptors (Lipinski definition) is 4. The van der Waals surface area contributed by atoms with E-state index in [4.69, 9.17) is 15.2 Å². The summed E-state index contributed by atoms with van der Waals surface area (Å²) in [6.45, 7) is 0.103. The number of hydrogen-bond donors (Lipinski definition) is 1. The minimum atomic E-state index is -4.65. The van der Waals surface area contributed by atoms with Crippen LogP contribution >= 0.6 is 0 Å². The van der Waals surface area contributed by atoms with Crippen molar-refractivity contribution in [1.82, 2.24) is 0 Å². The zero-order chi connectivity index (χ0) is 14.0. The molecule has 0 saturated carbocycles. The van der Waals surface area contributed by atoms with Gasteiger partial charge in [-0.15, -0.1) is 0 Å². The third kappa shape index (κ3) is 2.81. The summed E-state index contributed by atoms with van der Waals surface area (Å²) in [6, 6.07) is 1.85. The lowest BCUT2D eigenvalue weighted by molar-refractivity contribution is -0.138. The molecule has 0 spiro atoms. The van der Waals surface area contributed by atoms with Crippen LogP contribution in [-0.2, 0) is 6.18 Å². The van der Waals surface area contributed by atoms with Crippen molar-refractivity contribution in [1.29, 1.82) is 0 Å². The molecule has 0 atom stereocenters. The van der Waals surface area contributed by atoms with Gasteiger partial charge < -0.3 is 15.2 Å². The Labute approximate surface area is 107 Å². The van der Waals surface area contributed by atoms with E-state index in [9.17, 15) is 18.0 Å². The molecule has 4 nitrogen and oxygen atoms in total. The van der Waals surface area contributed by atoms with E-state index in [0.717, 1.165) is 12.1 Å². The van der Waals surface area contributed by atoms with Crippen LogP contribution in [0.1, 0.15) is 22.3 Å². The number of nitrogens with two attached hydrogens (primary N) is 1. The van der Waals surface area contributed by atoms with Gasteiger partial charge in [-0.25, -0.2) is 0 Å². The second-order valence-corrected chi connectivity index (χ2v) is 4.02. The number of halogens is 3. The Morgan fingerprint density at radius 3 is 2.32 bits per heavy atom. The molecule has 0 fully saturated rings. The van der Waals surface area contributed by atoms with Gasteiger partial charge in [0.1, 0.15) is 0 Å². The normalized spacial score (nSPS) is 14.9. The Morgan fingerprint density at radius 2 is 1.79 bits per heavy atom. The Kier molecular flexibility index (Phi) is 3.66. The van der Waals surface area contributed by atoms with Gasteiger partial charge in [-0.2, -0.15) is 13.2 Å². The predicted molar refractivity (Wildman–Crippen MR) is 60.4 cm³/mol. The minimum absolute atomic E-state index is 0.00148. The molecule has 7 heteroatoms. The molecular formula is C12H12F3NO3. The van der Waals surface area contributed by atoms with Crippen molar-refractivity contribution in [2.24, 2.45) is 5.73 Å². The van der Waals surface area contributed by atoms with Gasteiger partial charge in [-0.3, -0.25) is 4.79 Å². The number of alkyl halides is 3. The molecule has 2 rings (SSSR count). The lowest BCUT2D eigenvalue weighted by Crippen LogP contribution is -2.19. The molecule has 1 heterocycles. The molecule has 0 amide bonds. The molecule has 1 aliphatic heterocycles. The third-order valence-corrected chi connectivity index (χ3v) is 2.68. The van der Waals surface area contributed by atoms with Gasteiger partial charge in [0.2, 0.25) is 0 Å². The molecule has 0 aliphatic carbocycles. The lowest BCUT2D eigenvalue weighted by atomic mass is 10.0. The molecule has 0 saturated heterocycles. The minimum Gasteiger partial charge on any atom is -0.490 e. The molecule has 1 aromatic rings. The Bertz CT molecular complexity index is 500. The van der Waals surface area contributed by atoms with Gasteiger partial charge in [-0.05, 0) is 12.1 Å². The van der Waals surface area contributed by atoms with Crippen LogP contribution in [0.25, 0.3) is 0 Å². The molecular weight excluding hydrogens is 263 g/mol. The lowest BCUT2D eigenvalue weighted by Gasteiger charge is -2.15. The van der Waals surface area contributed by atoms with Crippen LogP contribution in [0.15, 0.2) is 12.1 Å². The van der Waals surface area contributed by atoms with Crippen molar-refractivity contribution in [3.8, 4) is 11.5 Å². The van der Waals surface area contributed by atoms with Crippen molar-refractivity contribution in [2.75, 3.05) is 19.8 Å². The van der Waals surface area contributed by atoms with Crippen LogP contribution in [0.5, 0.6) is 11.5 Å². The standard InChI is InChI=1S/C12H12F3NO3/c13-12(14,15)8-5-11-10(18-2-1-3-19-11)4-7(8)9(17)6-16/h4-5H,1-3,6,16H2.